The number of rotatable bonds is 7. The second-order valence-electron chi connectivity index (χ2n) is 4.21. The fraction of sp³-hybridized carbons (Fsp3) is 1.00. The summed E-state index contributed by atoms with van der Waals surface area (Å²) in [5.74, 6) is 0.788. The average Bonchev–Trinajstić information content (AvgIpc) is 2.23. The van der Waals surface area contributed by atoms with Crippen LogP contribution in [0.5, 0.6) is 0 Å². The van der Waals surface area contributed by atoms with Crippen molar-refractivity contribution < 1.29 is 4.74 Å². The molecule has 0 aromatic carbocycles. The van der Waals surface area contributed by atoms with E-state index in [2.05, 4.69) is 17.3 Å². The SMILES string of the molecule is CN1CCOC(CNCCCCCCl)C1. The third kappa shape index (κ3) is 6.36. The van der Waals surface area contributed by atoms with Crippen molar-refractivity contribution in [3.63, 3.8) is 0 Å². The van der Waals surface area contributed by atoms with Crippen LogP contribution in [0.1, 0.15) is 19.3 Å². The molecule has 1 unspecified atom stereocenters. The van der Waals surface area contributed by atoms with Gasteiger partial charge in [0.25, 0.3) is 0 Å². The molecule has 4 heteroatoms. The van der Waals surface area contributed by atoms with Gasteiger partial charge in [-0.15, -0.1) is 11.6 Å². The van der Waals surface area contributed by atoms with Crippen LogP contribution in [0.4, 0.5) is 0 Å². The van der Waals surface area contributed by atoms with E-state index < -0.39 is 0 Å². The maximum absolute atomic E-state index is 5.65. The van der Waals surface area contributed by atoms with E-state index in [0.717, 1.165) is 45.1 Å². The van der Waals surface area contributed by atoms with Crippen molar-refractivity contribution in [2.45, 2.75) is 25.4 Å². The van der Waals surface area contributed by atoms with Crippen molar-refractivity contribution in [3.05, 3.63) is 0 Å². The summed E-state index contributed by atoms with van der Waals surface area (Å²) >= 11 is 5.61. The van der Waals surface area contributed by atoms with Crippen LogP contribution in [-0.4, -0.2) is 56.7 Å². The van der Waals surface area contributed by atoms with E-state index in [9.17, 15) is 0 Å². The molecule has 1 aliphatic rings. The number of likely N-dealkylation sites (N-methyl/N-ethyl adjacent to an activating group) is 1. The predicted octanol–water partition coefficient (Wildman–Crippen LogP) is 1.32. The summed E-state index contributed by atoms with van der Waals surface area (Å²) in [6.07, 6.45) is 3.94. The van der Waals surface area contributed by atoms with Crippen LogP contribution in [0.3, 0.4) is 0 Å². The standard InChI is InChI=1S/C11H23ClN2O/c1-14-7-8-15-11(10-14)9-13-6-4-2-3-5-12/h11,13H,2-10H2,1H3. The van der Waals surface area contributed by atoms with Crippen LogP contribution in [0, 0.1) is 0 Å². The molecule has 0 bridgehead atoms. The van der Waals surface area contributed by atoms with Crippen LogP contribution < -0.4 is 5.32 Å². The van der Waals surface area contributed by atoms with Gasteiger partial charge in [-0.2, -0.15) is 0 Å². The van der Waals surface area contributed by atoms with Gasteiger partial charge in [-0.25, -0.2) is 0 Å². The van der Waals surface area contributed by atoms with Crippen LogP contribution in [0.15, 0.2) is 0 Å². The predicted molar refractivity (Wildman–Crippen MR) is 64.7 cm³/mol. The van der Waals surface area contributed by atoms with Crippen molar-refractivity contribution in [3.8, 4) is 0 Å². The van der Waals surface area contributed by atoms with Crippen LogP contribution in [-0.2, 0) is 4.74 Å². The zero-order chi connectivity index (χ0) is 10.9. The lowest BCUT2D eigenvalue weighted by molar-refractivity contribution is -0.0180. The Morgan fingerprint density at radius 1 is 1.40 bits per heavy atom. The molecule has 15 heavy (non-hydrogen) atoms. The highest BCUT2D eigenvalue weighted by molar-refractivity contribution is 6.17. The zero-order valence-corrected chi connectivity index (χ0v) is 10.4. The number of nitrogens with zero attached hydrogens (tertiary/aromatic N) is 1. The summed E-state index contributed by atoms with van der Waals surface area (Å²) in [5, 5.41) is 3.44. The van der Waals surface area contributed by atoms with E-state index in [-0.39, 0.29) is 0 Å². The van der Waals surface area contributed by atoms with Gasteiger partial charge in [0.15, 0.2) is 0 Å². The lowest BCUT2D eigenvalue weighted by Gasteiger charge is -2.30. The third-order valence-electron chi connectivity index (χ3n) is 2.70. The van der Waals surface area contributed by atoms with E-state index in [1.807, 2.05) is 0 Å². The Kier molecular flexibility index (Phi) is 7.36. The summed E-state index contributed by atoms with van der Waals surface area (Å²) in [6.45, 7) is 5.04. The quantitative estimate of drug-likeness (QED) is 0.531. The van der Waals surface area contributed by atoms with E-state index >= 15 is 0 Å². The van der Waals surface area contributed by atoms with E-state index in [1.54, 1.807) is 0 Å². The lowest BCUT2D eigenvalue weighted by atomic mass is 10.2. The summed E-state index contributed by atoms with van der Waals surface area (Å²) in [4.78, 5) is 2.32. The molecular weight excluding hydrogens is 212 g/mol. The first-order chi connectivity index (χ1) is 7.33. The van der Waals surface area contributed by atoms with Gasteiger partial charge in [0.05, 0.1) is 12.7 Å². The van der Waals surface area contributed by atoms with Crippen molar-refractivity contribution in [2.24, 2.45) is 0 Å². The summed E-state index contributed by atoms with van der Waals surface area (Å²) in [7, 11) is 2.15. The number of nitrogens with one attached hydrogen (secondary N) is 1. The van der Waals surface area contributed by atoms with E-state index in [4.69, 9.17) is 16.3 Å². The molecule has 1 N–H and O–H groups in total. The highest BCUT2D eigenvalue weighted by atomic mass is 35.5. The Morgan fingerprint density at radius 2 is 2.27 bits per heavy atom. The highest BCUT2D eigenvalue weighted by Gasteiger charge is 2.16. The highest BCUT2D eigenvalue weighted by Crippen LogP contribution is 2.01. The molecule has 0 amide bonds. The van der Waals surface area contributed by atoms with E-state index in [0.29, 0.717) is 6.10 Å². The Bertz CT molecular complexity index is 158. The minimum absolute atomic E-state index is 0.372. The smallest absolute Gasteiger partial charge is 0.0826 e. The molecule has 1 heterocycles. The summed E-state index contributed by atoms with van der Waals surface area (Å²) in [5.41, 5.74) is 0. The number of halogens is 1. The number of hydrogen-bond acceptors (Lipinski definition) is 3. The van der Waals surface area contributed by atoms with Crippen molar-refractivity contribution in [1.82, 2.24) is 10.2 Å². The van der Waals surface area contributed by atoms with Gasteiger partial charge < -0.3 is 15.0 Å². The summed E-state index contributed by atoms with van der Waals surface area (Å²) in [6, 6.07) is 0. The monoisotopic (exact) mass is 234 g/mol. The van der Waals surface area contributed by atoms with Crippen LogP contribution in [0.2, 0.25) is 0 Å². The first-order valence-electron chi connectivity index (χ1n) is 5.89. The topological polar surface area (TPSA) is 24.5 Å². The fourth-order valence-electron chi connectivity index (χ4n) is 1.77. The van der Waals surface area contributed by atoms with Gasteiger partial charge in [0.1, 0.15) is 0 Å². The van der Waals surface area contributed by atoms with Crippen molar-refractivity contribution in [1.29, 1.82) is 0 Å². The number of ether oxygens (including phenoxy) is 1. The largest absolute Gasteiger partial charge is 0.374 e. The normalized spacial score (nSPS) is 23.2. The van der Waals surface area contributed by atoms with Gasteiger partial charge in [-0.1, -0.05) is 6.42 Å². The molecule has 90 valence electrons. The third-order valence-corrected chi connectivity index (χ3v) is 2.97. The molecule has 1 atom stereocenters. The maximum atomic E-state index is 5.65. The number of morpholine rings is 1. The molecular formula is C11H23ClN2O. The minimum atomic E-state index is 0.372. The Morgan fingerprint density at radius 3 is 3.00 bits per heavy atom. The molecule has 0 spiro atoms. The Balaban J connectivity index is 1.90. The summed E-state index contributed by atoms with van der Waals surface area (Å²) < 4.78 is 5.65. The van der Waals surface area contributed by atoms with Gasteiger partial charge in [-0.05, 0) is 26.4 Å². The second-order valence-corrected chi connectivity index (χ2v) is 4.59. The fourth-order valence-corrected chi connectivity index (χ4v) is 1.96. The number of hydrogen-bond donors (Lipinski definition) is 1. The van der Waals surface area contributed by atoms with Gasteiger partial charge in [-0.3, -0.25) is 0 Å². The van der Waals surface area contributed by atoms with Crippen LogP contribution >= 0.6 is 11.6 Å². The first kappa shape index (κ1) is 13.2. The van der Waals surface area contributed by atoms with Crippen molar-refractivity contribution in [2.75, 3.05) is 45.7 Å². The number of unbranched alkanes of at least 4 members (excludes halogenated alkanes) is 2. The molecule has 1 aliphatic heterocycles. The van der Waals surface area contributed by atoms with E-state index in [1.165, 1.54) is 12.8 Å². The molecule has 0 aliphatic carbocycles. The average molecular weight is 235 g/mol. The molecule has 0 aromatic rings. The first-order valence-corrected chi connectivity index (χ1v) is 6.43. The molecule has 1 rings (SSSR count). The molecule has 0 radical (unpaired) electrons. The van der Waals surface area contributed by atoms with Crippen LogP contribution in [0.25, 0.3) is 0 Å². The Labute approximate surface area is 98.1 Å². The lowest BCUT2D eigenvalue weighted by Crippen LogP contribution is -2.44. The Hall–Kier alpha value is 0.170. The van der Waals surface area contributed by atoms with Gasteiger partial charge >= 0.3 is 0 Å². The molecule has 0 aromatic heterocycles. The zero-order valence-electron chi connectivity index (χ0n) is 9.67. The minimum Gasteiger partial charge on any atom is -0.374 e. The van der Waals surface area contributed by atoms with Crippen molar-refractivity contribution >= 4 is 11.6 Å². The number of alkyl halides is 1. The van der Waals surface area contributed by atoms with Gasteiger partial charge in [0, 0.05) is 25.5 Å². The molecule has 3 nitrogen and oxygen atoms in total. The molecule has 1 saturated heterocycles. The maximum Gasteiger partial charge on any atom is 0.0826 e. The molecule has 0 saturated carbocycles. The second kappa shape index (κ2) is 8.34. The molecule has 1 fully saturated rings. The van der Waals surface area contributed by atoms with Gasteiger partial charge in [0.2, 0.25) is 0 Å².